The summed E-state index contributed by atoms with van der Waals surface area (Å²) in [4.78, 5) is 26.9. The molecule has 0 unspecified atom stereocenters. The monoisotopic (exact) mass is 384 g/mol. The zero-order chi connectivity index (χ0) is 18.6. The molecule has 0 bridgehead atoms. The largest absolute Gasteiger partial charge is 0.378 e. The third kappa shape index (κ3) is 3.89. The highest BCUT2D eigenvalue weighted by molar-refractivity contribution is 7.12. The summed E-state index contributed by atoms with van der Waals surface area (Å²) in [6.45, 7) is 4.67. The standard InChI is InChI=1S/C20H24N4O2S/c1-2-3-4-5-14-10-15-16(12-22-18(15)21-11-14)17-13-27-19(23-17)20(25)24-6-8-26-9-7-24/h10-13H,2-9H2,1H3,(H,21,22). The Morgan fingerprint density at radius 1 is 1.33 bits per heavy atom. The summed E-state index contributed by atoms with van der Waals surface area (Å²) in [5.41, 5.74) is 3.94. The van der Waals surface area contributed by atoms with Gasteiger partial charge in [0, 0.05) is 41.8 Å². The Bertz CT molecular complexity index is 927. The predicted molar refractivity (Wildman–Crippen MR) is 107 cm³/mol. The average Bonchev–Trinajstić information content (AvgIpc) is 3.35. The molecule has 142 valence electrons. The van der Waals surface area contributed by atoms with E-state index in [9.17, 15) is 4.79 Å². The fourth-order valence-corrected chi connectivity index (χ4v) is 4.16. The average molecular weight is 385 g/mol. The van der Waals surface area contributed by atoms with Gasteiger partial charge in [0.15, 0.2) is 5.01 Å². The molecule has 3 aromatic rings. The zero-order valence-electron chi connectivity index (χ0n) is 15.5. The van der Waals surface area contributed by atoms with Crippen molar-refractivity contribution in [3.8, 4) is 11.3 Å². The second-order valence-corrected chi connectivity index (χ2v) is 7.70. The van der Waals surface area contributed by atoms with Gasteiger partial charge in [0.25, 0.3) is 5.91 Å². The molecule has 4 heterocycles. The van der Waals surface area contributed by atoms with E-state index in [1.54, 1.807) is 0 Å². The summed E-state index contributed by atoms with van der Waals surface area (Å²) in [7, 11) is 0. The number of aromatic amines is 1. The minimum absolute atomic E-state index is 0.00669. The van der Waals surface area contributed by atoms with Crippen molar-refractivity contribution in [1.29, 1.82) is 0 Å². The number of unbranched alkanes of at least 4 members (excludes halogenated alkanes) is 2. The number of carbonyl (C=O) groups excluding carboxylic acids is 1. The van der Waals surface area contributed by atoms with Gasteiger partial charge in [-0.15, -0.1) is 11.3 Å². The highest BCUT2D eigenvalue weighted by atomic mass is 32.1. The van der Waals surface area contributed by atoms with Crippen molar-refractivity contribution in [1.82, 2.24) is 19.9 Å². The Morgan fingerprint density at radius 2 is 2.19 bits per heavy atom. The Kier molecular flexibility index (Phi) is 5.50. The number of hydrogen-bond donors (Lipinski definition) is 1. The minimum atomic E-state index is -0.00669. The number of pyridine rings is 1. The molecule has 4 rings (SSSR count). The number of hydrogen-bond acceptors (Lipinski definition) is 5. The lowest BCUT2D eigenvalue weighted by molar-refractivity contribution is 0.0303. The molecule has 0 spiro atoms. The van der Waals surface area contributed by atoms with Gasteiger partial charge in [0.2, 0.25) is 0 Å². The van der Waals surface area contributed by atoms with E-state index in [4.69, 9.17) is 4.74 Å². The number of thiazole rings is 1. The summed E-state index contributed by atoms with van der Waals surface area (Å²) in [6.07, 6.45) is 8.55. The van der Waals surface area contributed by atoms with E-state index in [-0.39, 0.29) is 5.91 Å². The molecule has 0 saturated carbocycles. The molecule has 0 aromatic carbocycles. The lowest BCUT2D eigenvalue weighted by atomic mass is 10.1. The Balaban J connectivity index is 1.57. The molecule has 1 aliphatic rings. The van der Waals surface area contributed by atoms with Crippen LogP contribution in [0.1, 0.15) is 41.6 Å². The fourth-order valence-electron chi connectivity index (χ4n) is 3.37. The maximum atomic E-state index is 12.6. The normalized spacial score (nSPS) is 14.8. The van der Waals surface area contributed by atoms with Gasteiger partial charge < -0.3 is 14.6 Å². The van der Waals surface area contributed by atoms with Crippen molar-refractivity contribution in [3.63, 3.8) is 0 Å². The SMILES string of the molecule is CCCCCc1cnc2[nH]cc(-c3csc(C(=O)N4CCOCC4)n3)c2c1. The van der Waals surface area contributed by atoms with Crippen LogP contribution in [0, 0.1) is 0 Å². The first-order valence-electron chi connectivity index (χ1n) is 9.55. The Morgan fingerprint density at radius 3 is 3.00 bits per heavy atom. The predicted octanol–water partition coefficient (Wildman–Crippen LogP) is 3.89. The van der Waals surface area contributed by atoms with Gasteiger partial charge in [0.05, 0.1) is 18.9 Å². The molecule has 27 heavy (non-hydrogen) atoms. The van der Waals surface area contributed by atoms with Crippen LogP contribution in [0.3, 0.4) is 0 Å². The number of H-pyrrole nitrogens is 1. The number of ether oxygens (including phenoxy) is 1. The van der Waals surface area contributed by atoms with Gasteiger partial charge in [-0.2, -0.15) is 0 Å². The number of morpholine rings is 1. The third-order valence-electron chi connectivity index (χ3n) is 4.92. The summed E-state index contributed by atoms with van der Waals surface area (Å²) < 4.78 is 5.32. The quantitative estimate of drug-likeness (QED) is 0.655. The van der Waals surface area contributed by atoms with Gasteiger partial charge in [-0.25, -0.2) is 9.97 Å². The Hall–Kier alpha value is -2.25. The van der Waals surface area contributed by atoms with Crippen LogP contribution >= 0.6 is 11.3 Å². The van der Waals surface area contributed by atoms with Crippen LogP contribution in [-0.2, 0) is 11.2 Å². The number of aromatic nitrogens is 3. The first-order valence-corrected chi connectivity index (χ1v) is 10.4. The lowest BCUT2D eigenvalue weighted by Gasteiger charge is -2.25. The van der Waals surface area contributed by atoms with E-state index < -0.39 is 0 Å². The van der Waals surface area contributed by atoms with Crippen molar-refractivity contribution in [2.75, 3.05) is 26.3 Å². The van der Waals surface area contributed by atoms with Crippen LogP contribution in [0.5, 0.6) is 0 Å². The molecule has 0 atom stereocenters. The molecular weight excluding hydrogens is 360 g/mol. The summed E-state index contributed by atoms with van der Waals surface area (Å²) in [5, 5.41) is 3.56. The number of nitrogens with one attached hydrogen (secondary N) is 1. The fraction of sp³-hybridized carbons (Fsp3) is 0.450. The van der Waals surface area contributed by atoms with Gasteiger partial charge in [-0.05, 0) is 24.5 Å². The number of amides is 1. The smallest absolute Gasteiger partial charge is 0.283 e. The van der Waals surface area contributed by atoms with Crippen LogP contribution in [0.4, 0.5) is 0 Å². The van der Waals surface area contributed by atoms with Crippen LogP contribution < -0.4 is 0 Å². The molecule has 0 radical (unpaired) electrons. The first kappa shape index (κ1) is 18.1. The summed E-state index contributed by atoms with van der Waals surface area (Å²) >= 11 is 1.40. The summed E-state index contributed by atoms with van der Waals surface area (Å²) in [6, 6.07) is 2.20. The lowest BCUT2D eigenvalue weighted by Crippen LogP contribution is -2.40. The van der Waals surface area contributed by atoms with Crippen molar-refractivity contribution < 1.29 is 9.53 Å². The number of carbonyl (C=O) groups is 1. The van der Waals surface area contributed by atoms with Crippen LogP contribution in [-0.4, -0.2) is 52.1 Å². The molecule has 1 amide bonds. The maximum Gasteiger partial charge on any atom is 0.283 e. The minimum Gasteiger partial charge on any atom is -0.378 e. The Labute approximate surface area is 162 Å². The summed E-state index contributed by atoms with van der Waals surface area (Å²) in [5.74, 6) is -0.00669. The molecule has 0 aliphatic carbocycles. The van der Waals surface area contributed by atoms with Crippen LogP contribution in [0.15, 0.2) is 23.8 Å². The van der Waals surface area contributed by atoms with Crippen LogP contribution in [0.2, 0.25) is 0 Å². The van der Waals surface area contributed by atoms with E-state index in [2.05, 4.69) is 27.9 Å². The number of aryl methyl sites for hydroxylation is 1. The van der Waals surface area contributed by atoms with E-state index in [1.807, 2.05) is 22.7 Å². The molecular formula is C20H24N4O2S. The second-order valence-electron chi connectivity index (χ2n) is 6.84. The van der Waals surface area contributed by atoms with Crippen LogP contribution in [0.25, 0.3) is 22.3 Å². The van der Waals surface area contributed by atoms with E-state index in [0.717, 1.165) is 28.7 Å². The molecule has 6 nitrogen and oxygen atoms in total. The van der Waals surface area contributed by atoms with E-state index in [1.165, 1.54) is 36.2 Å². The zero-order valence-corrected chi connectivity index (χ0v) is 16.3. The molecule has 3 aromatic heterocycles. The van der Waals surface area contributed by atoms with Gasteiger partial charge in [0.1, 0.15) is 5.65 Å². The molecule has 1 fully saturated rings. The topological polar surface area (TPSA) is 71.1 Å². The van der Waals surface area contributed by atoms with E-state index >= 15 is 0 Å². The molecule has 1 N–H and O–H groups in total. The molecule has 1 aliphatic heterocycles. The maximum absolute atomic E-state index is 12.6. The third-order valence-corrected chi connectivity index (χ3v) is 5.75. The first-order chi connectivity index (χ1) is 13.3. The van der Waals surface area contributed by atoms with Crippen molar-refractivity contribution in [2.24, 2.45) is 0 Å². The highest BCUT2D eigenvalue weighted by Crippen LogP contribution is 2.30. The van der Waals surface area contributed by atoms with Crippen molar-refractivity contribution >= 4 is 28.3 Å². The highest BCUT2D eigenvalue weighted by Gasteiger charge is 2.22. The number of fused-ring (bicyclic) bond motifs is 1. The van der Waals surface area contributed by atoms with Gasteiger partial charge in [-0.3, -0.25) is 4.79 Å². The van der Waals surface area contributed by atoms with E-state index in [0.29, 0.717) is 31.3 Å². The second kappa shape index (κ2) is 8.19. The molecule has 1 saturated heterocycles. The molecule has 7 heteroatoms. The number of nitrogens with zero attached hydrogens (tertiary/aromatic N) is 3. The van der Waals surface area contributed by atoms with Gasteiger partial charge in [-0.1, -0.05) is 19.8 Å². The van der Waals surface area contributed by atoms with Crippen molar-refractivity contribution in [2.45, 2.75) is 32.6 Å². The number of rotatable bonds is 6. The van der Waals surface area contributed by atoms with Crippen molar-refractivity contribution in [3.05, 3.63) is 34.4 Å². The van der Waals surface area contributed by atoms with Gasteiger partial charge >= 0.3 is 0 Å².